The van der Waals surface area contributed by atoms with Crippen molar-refractivity contribution in [1.29, 1.82) is 0 Å². The van der Waals surface area contributed by atoms with Crippen molar-refractivity contribution in [2.75, 3.05) is 32.8 Å². The lowest BCUT2D eigenvalue weighted by atomic mass is 10.1. The number of rotatable bonds is 4. The van der Waals surface area contributed by atoms with Crippen molar-refractivity contribution < 1.29 is 18.7 Å². The number of furan rings is 1. The summed E-state index contributed by atoms with van der Waals surface area (Å²) in [6.45, 7) is 4.42. The molecular weight excluding hydrogens is 308 g/mol. The number of piperazine rings is 1. The molecule has 0 atom stereocenters. The standard InChI is InChI=1S/C18H20N2O4/c1-2-24-16-6-4-3-5-15(16)18(22)20-10-8-19(9-11-20)17(21)14-7-12-23-13-14/h3-7,12-13H,2,8-11H2,1H3. The maximum absolute atomic E-state index is 12.7. The number of carbonyl (C=O) groups is 2. The predicted molar refractivity (Wildman–Crippen MR) is 88.1 cm³/mol. The molecular formula is C18H20N2O4. The van der Waals surface area contributed by atoms with Crippen LogP contribution in [0.3, 0.4) is 0 Å². The largest absolute Gasteiger partial charge is 0.493 e. The van der Waals surface area contributed by atoms with E-state index < -0.39 is 0 Å². The highest BCUT2D eigenvalue weighted by Crippen LogP contribution is 2.21. The van der Waals surface area contributed by atoms with Crippen LogP contribution in [-0.2, 0) is 0 Å². The maximum Gasteiger partial charge on any atom is 0.257 e. The van der Waals surface area contributed by atoms with Crippen LogP contribution in [0.1, 0.15) is 27.6 Å². The molecule has 2 amide bonds. The number of amides is 2. The Kier molecular flexibility index (Phi) is 4.84. The van der Waals surface area contributed by atoms with Gasteiger partial charge >= 0.3 is 0 Å². The molecule has 1 aliphatic heterocycles. The van der Waals surface area contributed by atoms with E-state index in [0.717, 1.165) is 0 Å². The highest BCUT2D eigenvalue weighted by molar-refractivity contribution is 5.97. The molecule has 1 aromatic carbocycles. The zero-order valence-corrected chi connectivity index (χ0v) is 13.6. The fraction of sp³-hybridized carbons (Fsp3) is 0.333. The molecule has 2 heterocycles. The lowest BCUT2D eigenvalue weighted by molar-refractivity contribution is 0.0532. The lowest BCUT2D eigenvalue weighted by Gasteiger charge is -2.34. The summed E-state index contributed by atoms with van der Waals surface area (Å²) in [5.41, 5.74) is 1.10. The molecule has 1 aliphatic rings. The van der Waals surface area contributed by atoms with E-state index in [9.17, 15) is 9.59 Å². The van der Waals surface area contributed by atoms with E-state index in [1.165, 1.54) is 12.5 Å². The summed E-state index contributed by atoms with van der Waals surface area (Å²) < 4.78 is 10.5. The monoisotopic (exact) mass is 328 g/mol. The van der Waals surface area contributed by atoms with Crippen LogP contribution in [0.15, 0.2) is 47.3 Å². The average Bonchev–Trinajstić information content (AvgIpc) is 3.16. The second kappa shape index (κ2) is 7.21. The Labute approximate surface area is 140 Å². The van der Waals surface area contributed by atoms with Gasteiger partial charge in [-0.25, -0.2) is 0 Å². The zero-order chi connectivity index (χ0) is 16.9. The Balaban J connectivity index is 1.64. The molecule has 24 heavy (non-hydrogen) atoms. The van der Waals surface area contributed by atoms with E-state index in [2.05, 4.69) is 0 Å². The SMILES string of the molecule is CCOc1ccccc1C(=O)N1CCN(C(=O)c2ccoc2)CC1. The van der Waals surface area contributed by atoms with Crippen molar-refractivity contribution >= 4 is 11.8 Å². The maximum atomic E-state index is 12.7. The van der Waals surface area contributed by atoms with E-state index in [1.807, 2.05) is 19.1 Å². The molecule has 6 nitrogen and oxygen atoms in total. The Morgan fingerprint density at radius 1 is 1.04 bits per heavy atom. The molecule has 1 fully saturated rings. The van der Waals surface area contributed by atoms with Crippen molar-refractivity contribution in [2.45, 2.75) is 6.92 Å². The lowest BCUT2D eigenvalue weighted by Crippen LogP contribution is -2.50. The highest BCUT2D eigenvalue weighted by Gasteiger charge is 2.27. The second-order valence-corrected chi connectivity index (χ2v) is 5.53. The molecule has 0 radical (unpaired) electrons. The summed E-state index contributed by atoms with van der Waals surface area (Å²) in [7, 11) is 0. The predicted octanol–water partition coefficient (Wildman–Crippen LogP) is 2.28. The first-order valence-corrected chi connectivity index (χ1v) is 8.03. The van der Waals surface area contributed by atoms with Crippen LogP contribution in [0.25, 0.3) is 0 Å². The Morgan fingerprint density at radius 3 is 2.33 bits per heavy atom. The second-order valence-electron chi connectivity index (χ2n) is 5.53. The third-order valence-electron chi connectivity index (χ3n) is 4.04. The highest BCUT2D eigenvalue weighted by atomic mass is 16.5. The fourth-order valence-corrected chi connectivity index (χ4v) is 2.78. The number of nitrogens with zero attached hydrogens (tertiary/aromatic N) is 2. The van der Waals surface area contributed by atoms with Gasteiger partial charge in [0.05, 0.1) is 24.0 Å². The molecule has 0 N–H and O–H groups in total. The molecule has 0 saturated carbocycles. The smallest absolute Gasteiger partial charge is 0.257 e. The van der Waals surface area contributed by atoms with E-state index in [1.54, 1.807) is 28.0 Å². The van der Waals surface area contributed by atoms with Gasteiger partial charge in [0.2, 0.25) is 0 Å². The van der Waals surface area contributed by atoms with Crippen LogP contribution in [0.4, 0.5) is 0 Å². The molecule has 126 valence electrons. The van der Waals surface area contributed by atoms with Crippen LogP contribution < -0.4 is 4.74 Å². The molecule has 3 rings (SSSR count). The number of carbonyl (C=O) groups excluding carboxylic acids is 2. The minimum absolute atomic E-state index is 0.0607. The first kappa shape index (κ1) is 16.1. The number of hydrogen-bond donors (Lipinski definition) is 0. The van der Waals surface area contributed by atoms with Crippen LogP contribution in [0.5, 0.6) is 5.75 Å². The van der Waals surface area contributed by atoms with Gasteiger partial charge in [-0.15, -0.1) is 0 Å². The van der Waals surface area contributed by atoms with Gasteiger partial charge in [-0.1, -0.05) is 12.1 Å². The number of para-hydroxylation sites is 1. The molecule has 1 saturated heterocycles. The third-order valence-corrected chi connectivity index (χ3v) is 4.04. The first-order chi connectivity index (χ1) is 11.7. The number of hydrogen-bond acceptors (Lipinski definition) is 4. The van der Waals surface area contributed by atoms with Crippen LogP contribution in [-0.4, -0.2) is 54.4 Å². The summed E-state index contributed by atoms with van der Waals surface area (Å²) in [5, 5.41) is 0. The fourth-order valence-electron chi connectivity index (χ4n) is 2.78. The number of benzene rings is 1. The third kappa shape index (κ3) is 3.27. The summed E-state index contributed by atoms with van der Waals surface area (Å²) in [6.07, 6.45) is 2.93. The summed E-state index contributed by atoms with van der Waals surface area (Å²) >= 11 is 0. The van der Waals surface area contributed by atoms with Crippen LogP contribution in [0, 0.1) is 0 Å². The van der Waals surface area contributed by atoms with Gasteiger partial charge in [0, 0.05) is 26.2 Å². The van der Waals surface area contributed by atoms with Gasteiger partial charge in [0.15, 0.2) is 0 Å². The topological polar surface area (TPSA) is 63.0 Å². The molecule has 0 aliphatic carbocycles. The quantitative estimate of drug-likeness (QED) is 0.864. The molecule has 0 bridgehead atoms. The van der Waals surface area contributed by atoms with Gasteiger partial charge < -0.3 is 19.0 Å². The van der Waals surface area contributed by atoms with Crippen LogP contribution >= 0.6 is 0 Å². The van der Waals surface area contributed by atoms with E-state index in [-0.39, 0.29) is 11.8 Å². The summed E-state index contributed by atoms with van der Waals surface area (Å²) in [5.74, 6) is 0.474. The molecule has 0 spiro atoms. The first-order valence-electron chi connectivity index (χ1n) is 8.03. The van der Waals surface area contributed by atoms with Crippen molar-refractivity contribution in [1.82, 2.24) is 9.80 Å². The Hall–Kier alpha value is -2.76. The number of ether oxygens (including phenoxy) is 1. The van der Waals surface area contributed by atoms with Crippen LogP contribution in [0.2, 0.25) is 0 Å². The minimum atomic E-state index is -0.0643. The van der Waals surface area contributed by atoms with Gasteiger partial charge in [-0.05, 0) is 25.1 Å². The summed E-state index contributed by atoms with van der Waals surface area (Å²) in [6, 6.07) is 8.90. The van der Waals surface area contributed by atoms with Crippen molar-refractivity contribution in [3.63, 3.8) is 0 Å². The Morgan fingerprint density at radius 2 is 1.71 bits per heavy atom. The minimum Gasteiger partial charge on any atom is -0.493 e. The zero-order valence-electron chi connectivity index (χ0n) is 13.6. The summed E-state index contributed by atoms with van der Waals surface area (Å²) in [4.78, 5) is 28.5. The van der Waals surface area contributed by atoms with Gasteiger partial charge in [0.1, 0.15) is 12.0 Å². The Bertz CT molecular complexity index is 704. The molecule has 6 heteroatoms. The molecule has 0 unspecified atom stereocenters. The van der Waals surface area contributed by atoms with E-state index >= 15 is 0 Å². The van der Waals surface area contributed by atoms with Crippen molar-refractivity contribution in [2.24, 2.45) is 0 Å². The van der Waals surface area contributed by atoms with Gasteiger partial charge in [-0.2, -0.15) is 0 Å². The normalized spacial score (nSPS) is 14.5. The average molecular weight is 328 g/mol. The van der Waals surface area contributed by atoms with Gasteiger partial charge in [-0.3, -0.25) is 9.59 Å². The molecule has 1 aromatic heterocycles. The molecule has 2 aromatic rings. The van der Waals surface area contributed by atoms with E-state index in [0.29, 0.717) is 49.7 Å². The van der Waals surface area contributed by atoms with Crippen molar-refractivity contribution in [3.8, 4) is 5.75 Å². The van der Waals surface area contributed by atoms with Crippen molar-refractivity contribution in [3.05, 3.63) is 54.0 Å². The van der Waals surface area contributed by atoms with Gasteiger partial charge in [0.25, 0.3) is 11.8 Å². The van der Waals surface area contributed by atoms with E-state index in [4.69, 9.17) is 9.15 Å².